The largest absolute Gasteiger partial charge is 0.475 e. The van der Waals surface area contributed by atoms with Crippen molar-refractivity contribution in [2.45, 2.75) is 33.0 Å². The van der Waals surface area contributed by atoms with Crippen molar-refractivity contribution < 1.29 is 9.16 Å². The van der Waals surface area contributed by atoms with Crippen molar-refractivity contribution in [2.24, 2.45) is 5.92 Å². The molecule has 0 aliphatic heterocycles. The summed E-state index contributed by atoms with van der Waals surface area (Å²) in [6.45, 7) is 10.2. The Balaban J connectivity index is 1.78. The van der Waals surface area contributed by atoms with Crippen molar-refractivity contribution in [1.29, 1.82) is 0 Å². The molecular weight excluding hydrogens is 288 g/mol. The highest BCUT2D eigenvalue weighted by atomic mass is 32.1. The maximum atomic E-state index is 6.01. The van der Waals surface area contributed by atoms with Crippen LogP contribution in [0.5, 0.6) is 5.88 Å². The molecule has 4 nitrogen and oxygen atoms in total. The van der Waals surface area contributed by atoms with Crippen LogP contribution in [-0.4, -0.2) is 31.5 Å². The summed E-state index contributed by atoms with van der Waals surface area (Å²) in [6.07, 6.45) is 0. The van der Waals surface area contributed by atoms with Gasteiger partial charge in [0.05, 0.1) is 12.1 Å². The van der Waals surface area contributed by atoms with E-state index in [2.05, 4.69) is 36.9 Å². The summed E-state index contributed by atoms with van der Waals surface area (Å²) in [6, 6.07) is 4.98. The Morgan fingerprint density at radius 1 is 1.25 bits per heavy atom. The number of hydrogen-bond donors (Lipinski definition) is 0. The first-order valence-corrected chi connectivity index (χ1v) is 10.9. The van der Waals surface area contributed by atoms with Crippen LogP contribution in [0.3, 0.4) is 0 Å². The zero-order chi connectivity index (χ0) is 14.6. The number of hydrogen-bond acceptors (Lipinski definition) is 5. The molecule has 0 aromatic carbocycles. The molecule has 20 heavy (non-hydrogen) atoms. The van der Waals surface area contributed by atoms with E-state index in [9.17, 15) is 0 Å². The van der Waals surface area contributed by atoms with E-state index < -0.39 is 8.32 Å². The molecule has 0 spiro atoms. The molecule has 0 saturated carbocycles. The molecule has 2 aromatic heterocycles. The fourth-order valence-corrected chi connectivity index (χ4v) is 5.69. The van der Waals surface area contributed by atoms with E-state index in [4.69, 9.17) is 9.16 Å². The molecule has 110 valence electrons. The Morgan fingerprint density at radius 3 is 2.80 bits per heavy atom. The number of ether oxygens (including phenoxy) is 1. The van der Waals surface area contributed by atoms with Crippen LogP contribution in [0.4, 0.5) is 0 Å². The lowest BCUT2D eigenvalue weighted by atomic mass is 10.3. The minimum Gasteiger partial charge on any atom is -0.475 e. The molecule has 0 unspecified atom stereocenters. The lowest BCUT2D eigenvalue weighted by molar-refractivity contribution is 0.205. The highest BCUT2D eigenvalue weighted by molar-refractivity contribution is 7.16. The van der Waals surface area contributed by atoms with Crippen LogP contribution in [0.2, 0.25) is 19.1 Å². The minimum atomic E-state index is -1.55. The van der Waals surface area contributed by atoms with Gasteiger partial charge in [-0.15, -0.1) is 11.3 Å². The summed E-state index contributed by atoms with van der Waals surface area (Å²) in [5.41, 5.74) is 2.72. The molecule has 0 radical (unpaired) electrons. The van der Waals surface area contributed by atoms with Crippen LogP contribution < -0.4 is 4.74 Å². The summed E-state index contributed by atoms with van der Waals surface area (Å²) >= 11 is 1.53. The summed E-state index contributed by atoms with van der Waals surface area (Å²) in [7, 11) is -1.55. The molecule has 2 aromatic rings. The van der Waals surface area contributed by atoms with Crippen molar-refractivity contribution in [1.82, 2.24) is 9.97 Å². The fourth-order valence-electron chi connectivity index (χ4n) is 2.32. The number of rotatable bonds is 7. The third kappa shape index (κ3) is 4.54. The van der Waals surface area contributed by atoms with E-state index in [1.54, 1.807) is 5.51 Å². The monoisotopic (exact) mass is 310 g/mol. The van der Waals surface area contributed by atoms with E-state index in [1.165, 1.54) is 17.4 Å². The minimum absolute atomic E-state index is 0.547. The molecular formula is C14H22N2O2SSi. The van der Waals surface area contributed by atoms with Gasteiger partial charge in [0.2, 0.25) is 5.88 Å². The topological polar surface area (TPSA) is 44.2 Å². The smallest absolute Gasteiger partial charge is 0.214 e. The van der Waals surface area contributed by atoms with Gasteiger partial charge in [0, 0.05) is 6.07 Å². The summed E-state index contributed by atoms with van der Waals surface area (Å²) in [4.78, 5) is 9.52. The summed E-state index contributed by atoms with van der Waals surface area (Å²) < 4.78 is 11.7. The predicted octanol–water partition coefficient (Wildman–Crippen LogP) is 3.95. The van der Waals surface area contributed by atoms with Crippen LogP contribution >= 0.6 is 11.3 Å². The first-order valence-electron chi connectivity index (χ1n) is 6.93. The van der Waals surface area contributed by atoms with E-state index >= 15 is 0 Å². The Labute approximate surface area is 125 Å². The van der Waals surface area contributed by atoms with Crippen molar-refractivity contribution in [3.8, 4) is 5.88 Å². The molecule has 2 heterocycles. The molecule has 0 aliphatic rings. The predicted molar refractivity (Wildman–Crippen MR) is 86.0 cm³/mol. The highest BCUT2D eigenvalue weighted by Gasteiger charge is 2.23. The van der Waals surface area contributed by atoms with Crippen molar-refractivity contribution in [2.75, 3.05) is 13.2 Å². The number of aromatic nitrogens is 2. The molecule has 0 amide bonds. The Morgan fingerprint density at radius 2 is 2.05 bits per heavy atom. The maximum absolute atomic E-state index is 6.01. The fraction of sp³-hybridized carbons (Fsp3) is 0.571. The quantitative estimate of drug-likeness (QED) is 0.574. The maximum Gasteiger partial charge on any atom is 0.214 e. The van der Waals surface area contributed by atoms with Crippen LogP contribution in [0.1, 0.15) is 13.8 Å². The Hall–Kier alpha value is -0.983. The molecule has 0 aliphatic carbocycles. The van der Waals surface area contributed by atoms with E-state index in [-0.39, 0.29) is 0 Å². The normalized spacial score (nSPS) is 12.2. The second-order valence-electron chi connectivity index (χ2n) is 5.88. The Bertz CT molecular complexity index is 557. The zero-order valence-electron chi connectivity index (χ0n) is 12.5. The molecule has 0 atom stereocenters. The number of pyridine rings is 1. The van der Waals surface area contributed by atoms with Crippen LogP contribution in [0.25, 0.3) is 10.3 Å². The zero-order valence-corrected chi connectivity index (χ0v) is 14.4. The second kappa shape index (κ2) is 6.65. The SMILES string of the molecule is CC(C)C[Si](C)(C)OCCOc1ccc2ncsc2n1. The van der Waals surface area contributed by atoms with Crippen molar-refractivity contribution >= 4 is 30.0 Å². The molecule has 0 saturated heterocycles. The average molecular weight is 310 g/mol. The van der Waals surface area contributed by atoms with Gasteiger partial charge in [-0.25, -0.2) is 9.97 Å². The van der Waals surface area contributed by atoms with Gasteiger partial charge >= 0.3 is 0 Å². The summed E-state index contributed by atoms with van der Waals surface area (Å²) in [5, 5.41) is 0. The summed E-state index contributed by atoms with van der Waals surface area (Å²) in [5.74, 6) is 1.33. The van der Waals surface area contributed by atoms with E-state index in [0.717, 1.165) is 10.3 Å². The van der Waals surface area contributed by atoms with Gasteiger partial charge in [-0.1, -0.05) is 13.8 Å². The van der Waals surface area contributed by atoms with E-state index in [1.807, 2.05) is 12.1 Å². The van der Waals surface area contributed by atoms with Crippen molar-refractivity contribution in [3.63, 3.8) is 0 Å². The first-order chi connectivity index (χ1) is 9.46. The lowest BCUT2D eigenvalue weighted by Crippen LogP contribution is -2.33. The van der Waals surface area contributed by atoms with Crippen LogP contribution in [0, 0.1) is 5.92 Å². The Kier molecular flexibility index (Phi) is 5.12. The van der Waals surface area contributed by atoms with Gasteiger partial charge < -0.3 is 9.16 Å². The van der Waals surface area contributed by atoms with Crippen LogP contribution in [-0.2, 0) is 4.43 Å². The third-order valence-corrected chi connectivity index (χ3v) is 6.42. The average Bonchev–Trinajstić information content (AvgIpc) is 2.80. The van der Waals surface area contributed by atoms with Crippen LogP contribution in [0.15, 0.2) is 17.6 Å². The van der Waals surface area contributed by atoms with Gasteiger partial charge in [-0.05, 0) is 31.1 Å². The van der Waals surface area contributed by atoms with Gasteiger partial charge in [-0.2, -0.15) is 0 Å². The molecule has 6 heteroatoms. The number of nitrogens with zero attached hydrogens (tertiary/aromatic N) is 2. The first kappa shape index (κ1) is 15.4. The molecule has 0 N–H and O–H groups in total. The molecule has 0 fully saturated rings. The van der Waals surface area contributed by atoms with Gasteiger partial charge in [0.1, 0.15) is 17.0 Å². The third-order valence-electron chi connectivity index (χ3n) is 2.90. The number of fused-ring (bicyclic) bond motifs is 1. The number of thiazole rings is 1. The highest BCUT2D eigenvalue weighted by Crippen LogP contribution is 2.19. The van der Waals surface area contributed by atoms with Gasteiger partial charge in [0.15, 0.2) is 8.32 Å². The second-order valence-corrected chi connectivity index (χ2v) is 10.9. The van der Waals surface area contributed by atoms with Gasteiger partial charge in [0.25, 0.3) is 0 Å². The van der Waals surface area contributed by atoms with Gasteiger partial charge in [-0.3, -0.25) is 0 Å². The lowest BCUT2D eigenvalue weighted by Gasteiger charge is -2.24. The molecule has 2 rings (SSSR count). The standard InChI is InChI=1S/C14H22N2O2SSi/c1-11(2)9-20(3,4)18-8-7-17-13-6-5-12-14(16-13)19-10-15-12/h5-6,10-11H,7-9H2,1-4H3. The van der Waals surface area contributed by atoms with E-state index in [0.29, 0.717) is 25.0 Å². The van der Waals surface area contributed by atoms with Crippen molar-refractivity contribution in [3.05, 3.63) is 17.6 Å². The molecule has 0 bridgehead atoms.